The van der Waals surface area contributed by atoms with E-state index in [2.05, 4.69) is 4.98 Å². The second-order valence-corrected chi connectivity index (χ2v) is 3.28. The summed E-state index contributed by atoms with van der Waals surface area (Å²) in [6, 6.07) is 0.345. The summed E-state index contributed by atoms with van der Waals surface area (Å²) in [5.41, 5.74) is 4.84. The van der Waals surface area contributed by atoms with Crippen molar-refractivity contribution in [3.63, 3.8) is 0 Å². The molecule has 0 aliphatic carbocycles. The van der Waals surface area contributed by atoms with E-state index in [9.17, 15) is 13.2 Å². The minimum absolute atomic E-state index is 0.0603. The van der Waals surface area contributed by atoms with E-state index < -0.39 is 17.8 Å². The first kappa shape index (κ1) is 11.3. The average Bonchev–Trinajstić information content (AvgIpc) is 2.01. The van der Waals surface area contributed by atoms with Gasteiger partial charge in [-0.05, 0) is 13.0 Å². The van der Waals surface area contributed by atoms with Gasteiger partial charge in [-0.15, -0.1) is 0 Å². The van der Waals surface area contributed by atoms with Gasteiger partial charge in [-0.1, -0.05) is 11.6 Å². The van der Waals surface area contributed by atoms with E-state index in [1.54, 1.807) is 6.92 Å². The molecule has 78 valence electrons. The van der Waals surface area contributed by atoms with Crippen molar-refractivity contribution in [3.05, 3.63) is 28.5 Å². The fourth-order valence-corrected chi connectivity index (χ4v) is 1.28. The molecule has 1 aromatic rings. The number of rotatable bonds is 1. The number of pyridine rings is 1. The number of hydrogen-bond donors (Lipinski definition) is 1. The average molecular weight is 225 g/mol. The van der Waals surface area contributed by atoms with E-state index in [4.69, 9.17) is 17.3 Å². The number of nitrogens with two attached hydrogens (primary N) is 1. The van der Waals surface area contributed by atoms with Gasteiger partial charge in [-0.25, -0.2) is 0 Å². The van der Waals surface area contributed by atoms with Crippen LogP contribution in [0.4, 0.5) is 13.2 Å². The Balaban J connectivity index is 3.13. The van der Waals surface area contributed by atoms with Crippen molar-refractivity contribution in [2.24, 2.45) is 5.73 Å². The molecule has 0 saturated heterocycles. The lowest BCUT2D eigenvalue weighted by atomic mass is 10.2. The Hall–Kier alpha value is -0.810. The standard InChI is InChI=1S/C8H8ClF3N2/c1-4(13)7-6(9)2-5(3-14-7)8(10,11)12/h2-4H,13H2,1H3. The zero-order valence-corrected chi connectivity index (χ0v) is 8.02. The van der Waals surface area contributed by atoms with Crippen molar-refractivity contribution in [3.8, 4) is 0 Å². The molecule has 0 bridgehead atoms. The SMILES string of the molecule is CC(N)c1ncc(C(F)(F)F)cc1Cl. The Kier molecular flexibility index (Phi) is 3.01. The maximum atomic E-state index is 12.2. The summed E-state index contributed by atoms with van der Waals surface area (Å²) in [6.07, 6.45) is -3.70. The van der Waals surface area contributed by atoms with Crippen LogP contribution in [-0.2, 0) is 6.18 Å². The van der Waals surface area contributed by atoms with Crippen molar-refractivity contribution in [2.45, 2.75) is 19.1 Å². The van der Waals surface area contributed by atoms with Crippen molar-refractivity contribution < 1.29 is 13.2 Å². The summed E-state index contributed by atoms with van der Waals surface area (Å²) in [7, 11) is 0. The first-order chi connectivity index (χ1) is 6.32. The van der Waals surface area contributed by atoms with Crippen LogP contribution in [0, 0.1) is 0 Å². The quantitative estimate of drug-likeness (QED) is 0.797. The Morgan fingerprint density at radius 2 is 2.07 bits per heavy atom. The lowest BCUT2D eigenvalue weighted by Gasteiger charge is -2.10. The topological polar surface area (TPSA) is 38.9 Å². The summed E-state index contributed by atoms with van der Waals surface area (Å²) in [4.78, 5) is 3.57. The molecular formula is C8H8ClF3N2. The van der Waals surface area contributed by atoms with Crippen LogP contribution in [0.5, 0.6) is 0 Å². The Morgan fingerprint density at radius 3 is 2.43 bits per heavy atom. The number of aromatic nitrogens is 1. The van der Waals surface area contributed by atoms with Crippen molar-refractivity contribution >= 4 is 11.6 Å². The molecule has 0 radical (unpaired) electrons. The molecule has 1 aromatic heterocycles. The first-order valence-electron chi connectivity index (χ1n) is 3.80. The van der Waals surface area contributed by atoms with Crippen molar-refractivity contribution in [1.29, 1.82) is 0 Å². The zero-order chi connectivity index (χ0) is 10.9. The van der Waals surface area contributed by atoms with Crippen LogP contribution in [0.1, 0.15) is 24.2 Å². The molecule has 0 amide bonds. The molecule has 1 rings (SSSR count). The van der Waals surface area contributed by atoms with E-state index in [0.29, 0.717) is 0 Å². The van der Waals surface area contributed by atoms with E-state index in [1.165, 1.54) is 0 Å². The Morgan fingerprint density at radius 1 is 1.50 bits per heavy atom. The molecule has 0 fully saturated rings. The molecule has 0 spiro atoms. The van der Waals surface area contributed by atoms with Crippen LogP contribution in [-0.4, -0.2) is 4.98 Å². The van der Waals surface area contributed by atoms with Crippen molar-refractivity contribution in [2.75, 3.05) is 0 Å². The molecule has 0 aliphatic heterocycles. The number of halogens is 4. The number of nitrogens with zero attached hydrogens (tertiary/aromatic N) is 1. The largest absolute Gasteiger partial charge is 0.417 e. The lowest BCUT2D eigenvalue weighted by molar-refractivity contribution is -0.137. The van der Waals surface area contributed by atoms with Crippen LogP contribution in [0.15, 0.2) is 12.3 Å². The molecule has 0 aromatic carbocycles. The third kappa shape index (κ3) is 2.36. The van der Waals surface area contributed by atoms with Crippen LogP contribution in [0.3, 0.4) is 0 Å². The molecule has 2 nitrogen and oxygen atoms in total. The predicted octanol–water partition coefficient (Wildman–Crippen LogP) is 2.77. The van der Waals surface area contributed by atoms with Crippen molar-refractivity contribution in [1.82, 2.24) is 4.98 Å². The van der Waals surface area contributed by atoms with Gasteiger partial charge in [-0.3, -0.25) is 4.98 Å². The summed E-state index contributed by atoms with van der Waals surface area (Å²) >= 11 is 5.59. The monoisotopic (exact) mass is 224 g/mol. The van der Waals surface area contributed by atoms with Gasteiger partial charge in [0, 0.05) is 12.2 Å². The lowest BCUT2D eigenvalue weighted by Crippen LogP contribution is -2.11. The number of hydrogen-bond acceptors (Lipinski definition) is 2. The maximum absolute atomic E-state index is 12.2. The second-order valence-electron chi connectivity index (χ2n) is 2.88. The van der Waals surface area contributed by atoms with Crippen LogP contribution in [0.2, 0.25) is 5.02 Å². The van der Waals surface area contributed by atoms with Crippen LogP contribution < -0.4 is 5.73 Å². The van der Waals surface area contributed by atoms with E-state index in [-0.39, 0.29) is 10.7 Å². The van der Waals surface area contributed by atoms with E-state index in [0.717, 1.165) is 12.3 Å². The normalized spacial score (nSPS) is 14.1. The minimum atomic E-state index is -4.42. The third-order valence-electron chi connectivity index (χ3n) is 1.63. The Bertz CT molecular complexity index is 336. The second kappa shape index (κ2) is 3.74. The molecule has 1 heterocycles. The van der Waals surface area contributed by atoms with Gasteiger partial charge in [0.2, 0.25) is 0 Å². The molecule has 0 saturated carbocycles. The minimum Gasteiger partial charge on any atom is -0.323 e. The van der Waals surface area contributed by atoms with Gasteiger partial charge in [0.1, 0.15) is 0 Å². The third-order valence-corrected chi connectivity index (χ3v) is 1.93. The zero-order valence-electron chi connectivity index (χ0n) is 7.27. The van der Waals surface area contributed by atoms with Crippen LogP contribution in [0.25, 0.3) is 0 Å². The summed E-state index contributed by atoms with van der Waals surface area (Å²) < 4.78 is 36.5. The molecule has 2 N–H and O–H groups in total. The fourth-order valence-electron chi connectivity index (χ4n) is 0.939. The molecule has 1 atom stereocenters. The van der Waals surface area contributed by atoms with Gasteiger partial charge < -0.3 is 5.73 Å². The Labute approximate surface area is 83.9 Å². The fraction of sp³-hybridized carbons (Fsp3) is 0.375. The predicted molar refractivity (Wildman–Crippen MR) is 46.9 cm³/mol. The van der Waals surface area contributed by atoms with E-state index in [1.807, 2.05) is 0 Å². The highest BCUT2D eigenvalue weighted by Crippen LogP contribution is 2.31. The van der Waals surface area contributed by atoms with E-state index >= 15 is 0 Å². The summed E-state index contributed by atoms with van der Waals surface area (Å²) in [5.74, 6) is 0. The van der Waals surface area contributed by atoms with Gasteiger partial charge in [-0.2, -0.15) is 13.2 Å². The van der Waals surface area contributed by atoms with Gasteiger partial charge in [0.25, 0.3) is 0 Å². The van der Waals surface area contributed by atoms with Gasteiger partial charge >= 0.3 is 6.18 Å². The smallest absolute Gasteiger partial charge is 0.323 e. The highest BCUT2D eigenvalue weighted by Gasteiger charge is 2.31. The van der Waals surface area contributed by atoms with Gasteiger partial charge in [0.05, 0.1) is 16.3 Å². The van der Waals surface area contributed by atoms with Crippen LogP contribution >= 0.6 is 11.6 Å². The molecule has 14 heavy (non-hydrogen) atoms. The molecular weight excluding hydrogens is 217 g/mol. The molecule has 1 unspecified atom stereocenters. The molecule has 6 heteroatoms. The molecule has 0 aliphatic rings. The van der Waals surface area contributed by atoms with Gasteiger partial charge in [0.15, 0.2) is 0 Å². The highest BCUT2D eigenvalue weighted by atomic mass is 35.5. The highest BCUT2D eigenvalue weighted by molar-refractivity contribution is 6.31. The first-order valence-corrected chi connectivity index (χ1v) is 4.18. The number of alkyl halides is 3. The summed E-state index contributed by atoms with van der Waals surface area (Å²) in [6.45, 7) is 1.60. The summed E-state index contributed by atoms with van der Waals surface area (Å²) in [5, 5.41) is -0.0603. The maximum Gasteiger partial charge on any atom is 0.417 e.